The fraction of sp³-hybridized carbons (Fsp3) is 1.00. The van der Waals surface area contributed by atoms with Gasteiger partial charge < -0.3 is 4.84 Å². The average Bonchev–Trinajstić information content (AvgIpc) is 2.43. The number of hydrogen-bond donors (Lipinski definition) is 0. The van der Waals surface area contributed by atoms with E-state index in [1.807, 2.05) is 0 Å². The fourth-order valence-corrected chi connectivity index (χ4v) is 2.42. The third kappa shape index (κ3) is 1.06. The number of fused-ring (bicyclic) bond motifs is 2. The molecule has 2 aliphatic carbocycles. The molecule has 0 radical (unpaired) electrons. The molecule has 11 heavy (non-hydrogen) atoms. The second-order valence-corrected chi connectivity index (χ2v) is 3.65. The summed E-state index contributed by atoms with van der Waals surface area (Å²) >= 11 is 0. The van der Waals surface area contributed by atoms with E-state index in [1.54, 1.807) is 0 Å². The molecule has 0 atom stereocenters. The zero-order chi connectivity index (χ0) is 7.90. The molecule has 0 spiro atoms. The van der Waals surface area contributed by atoms with Crippen molar-refractivity contribution in [3.05, 3.63) is 10.1 Å². The lowest BCUT2D eigenvalue weighted by Crippen LogP contribution is -2.29. The lowest BCUT2D eigenvalue weighted by atomic mass is 9.97. The molecule has 0 aliphatic heterocycles. The number of rotatable bonds is 2. The van der Waals surface area contributed by atoms with Crippen LogP contribution in [0.1, 0.15) is 32.1 Å². The zero-order valence-electron chi connectivity index (χ0n) is 6.28. The number of hydrogen-bond acceptors (Lipinski definition) is 3. The molecule has 2 fully saturated rings. The smallest absolute Gasteiger partial charge is 0.295 e. The van der Waals surface area contributed by atoms with Gasteiger partial charge in [-0.1, -0.05) is 0 Å². The molecule has 4 heteroatoms. The van der Waals surface area contributed by atoms with Crippen molar-refractivity contribution in [1.82, 2.24) is 0 Å². The van der Waals surface area contributed by atoms with Crippen LogP contribution in [-0.2, 0) is 4.84 Å². The summed E-state index contributed by atoms with van der Waals surface area (Å²) in [5, 5.41) is 9.49. The Morgan fingerprint density at radius 2 is 2.09 bits per heavy atom. The molecule has 0 saturated heterocycles. The van der Waals surface area contributed by atoms with E-state index in [4.69, 9.17) is 4.84 Å². The molecule has 4 nitrogen and oxygen atoms in total. The minimum absolute atomic E-state index is 0.367. The molecule has 0 aromatic rings. The third-order valence-corrected chi connectivity index (χ3v) is 2.95. The second-order valence-electron chi connectivity index (χ2n) is 3.65. The van der Waals surface area contributed by atoms with E-state index in [1.165, 1.54) is 0 Å². The highest BCUT2D eigenvalue weighted by Gasteiger charge is 2.47. The molecule has 2 rings (SSSR count). The Bertz CT molecular complexity index is 184. The van der Waals surface area contributed by atoms with Crippen LogP contribution in [0.4, 0.5) is 0 Å². The Labute approximate surface area is 64.6 Å². The normalized spacial score (nSPS) is 40.9. The predicted molar refractivity (Wildman–Crippen MR) is 37.4 cm³/mol. The standard InChI is InChI=1S/C7H11NO3/c9-8(10)11-7-3-1-6(5-7)2-4-7/h6H,1-5H2. The first-order valence-corrected chi connectivity index (χ1v) is 4.04. The molecule has 2 aliphatic rings. The molecule has 2 bridgehead atoms. The molecule has 0 aromatic carbocycles. The van der Waals surface area contributed by atoms with Crippen LogP contribution in [-0.4, -0.2) is 10.7 Å². The van der Waals surface area contributed by atoms with Crippen LogP contribution in [0.3, 0.4) is 0 Å². The summed E-state index contributed by atoms with van der Waals surface area (Å²) in [6, 6.07) is 0. The minimum Gasteiger partial charge on any atom is -0.307 e. The Hall–Kier alpha value is -0.800. The monoisotopic (exact) mass is 157 g/mol. The van der Waals surface area contributed by atoms with Crippen LogP contribution in [0, 0.1) is 16.0 Å². The van der Waals surface area contributed by atoms with Crippen LogP contribution in [0.25, 0.3) is 0 Å². The predicted octanol–water partition coefficient (Wildman–Crippen LogP) is 1.53. The van der Waals surface area contributed by atoms with E-state index in [-0.39, 0.29) is 5.60 Å². The van der Waals surface area contributed by atoms with Gasteiger partial charge in [0.05, 0.1) is 0 Å². The molecule has 62 valence electrons. The van der Waals surface area contributed by atoms with E-state index in [0.717, 1.165) is 32.1 Å². The number of nitrogens with zero attached hydrogens (tertiary/aromatic N) is 1. The van der Waals surface area contributed by atoms with Gasteiger partial charge >= 0.3 is 0 Å². The fourth-order valence-electron chi connectivity index (χ4n) is 2.42. The quantitative estimate of drug-likeness (QED) is 0.451. The molecular weight excluding hydrogens is 146 g/mol. The van der Waals surface area contributed by atoms with Crippen molar-refractivity contribution < 1.29 is 9.92 Å². The Morgan fingerprint density at radius 1 is 1.45 bits per heavy atom. The maximum atomic E-state index is 10.1. The van der Waals surface area contributed by atoms with Crippen molar-refractivity contribution >= 4 is 0 Å². The van der Waals surface area contributed by atoms with Gasteiger partial charge in [-0.2, -0.15) is 0 Å². The van der Waals surface area contributed by atoms with Crippen LogP contribution in [0.5, 0.6) is 0 Å². The largest absolute Gasteiger partial charge is 0.307 e. The summed E-state index contributed by atoms with van der Waals surface area (Å²) in [6.07, 6.45) is 4.92. The molecule has 0 unspecified atom stereocenters. The van der Waals surface area contributed by atoms with Gasteiger partial charge in [-0.05, 0) is 38.0 Å². The Balaban J connectivity index is 2.05. The highest BCUT2D eigenvalue weighted by atomic mass is 17.0. The first-order valence-electron chi connectivity index (χ1n) is 4.04. The van der Waals surface area contributed by atoms with E-state index in [0.29, 0.717) is 5.92 Å². The third-order valence-electron chi connectivity index (χ3n) is 2.95. The van der Waals surface area contributed by atoms with Crippen LogP contribution in [0.2, 0.25) is 0 Å². The Kier molecular flexibility index (Phi) is 1.31. The molecule has 2 saturated carbocycles. The van der Waals surface area contributed by atoms with E-state index in [9.17, 15) is 10.1 Å². The van der Waals surface area contributed by atoms with E-state index < -0.39 is 5.09 Å². The van der Waals surface area contributed by atoms with Crippen molar-refractivity contribution in [3.63, 3.8) is 0 Å². The van der Waals surface area contributed by atoms with Crippen LogP contribution < -0.4 is 0 Å². The van der Waals surface area contributed by atoms with Gasteiger partial charge in [0, 0.05) is 0 Å². The summed E-state index contributed by atoms with van der Waals surface area (Å²) in [5.41, 5.74) is -0.367. The first-order chi connectivity index (χ1) is 5.20. The van der Waals surface area contributed by atoms with E-state index in [2.05, 4.69) is 0 Å². The lowest BCUT2D eigenvalue weighted by Gasteiger charge is -2.22. The Morgan fingerprint density at radius 3 is 2.45 bits per heavy atom. The van der Waals surface area contributed by atoms with Crippen molar-refractivity contribution in [3.8, 4) is 0 Å². The second kappa shape index (κ2) is 2.09. The van der Waals surface area contributed by atoms with Crippen molar-refractivity contribution in [2.45, 2.75) is 37.7 Å². The molecular formula is C7H11NO3. The average molecular weight is 157 g/mol. The van der Waals surface area contributed by atoms with Crippen molar-refractivity contribution in [2.24, 2.45) is 5.92 Å². The van der Waals surface area contributed by atoms with Gasteiger partial charge in [-0.25, -0.2) is 0 Å². The van der Waals surface area contributed by atoms with Crippen molar-refractivity contribution in [1.29, 1.82) is 0 Å². The summed E-state index contributed by atoms with van der Waals surface area (Å²) < 4.78 is 0. The SMILES string of the molecule is O=[N+]([O-])OC12CCC(CC1)C2. The van der Waals surface area contributed by atoms with Gasteiger partial charge in [-0.3, -0.25) is 0 Å². The summed E-state index contributed by atoms with van der Waals surface area (Å²) in [7, 11) is 0. The van der Waals surface area contributed by atoms with Crippen molar-refractivity contribution in [2.75, 3.05) is 0 Å². The van der Waals surface area contributed by atoms with Crippen LogP contribution in [0.15, 0.2) is 0 Å². The van der Waals surface area contributed by atoms with Gasteiger partial charge in [0.1, 0.15) is 5.60 Å². The lowest BCUT2D eigenvalue weighted by molar-refractivity contribution is -0.780. The highest BCUT2D eigenvalue weighted by molar-refractivity contribution is 4.96. The van der Waals surface area contributed by atoms with Gasteiger partial charge in [0.25, 0.3) is 5.09 Å². The first kappa shape index (κ1) is 6.88. The maximum absolute atomic E-state index is 10.1. The van der Waals surface area contributed by atoms with Gasteiger partial charge in [0.15, 0.2) is 0 Å². The zero-order valence-corrected chi connectivity index (χ0v) is 6.28. The van der Waals surface area contributed by atoms with Gasteiger partial charge in [0.2, 0.25) is 0 Å². The highest BCUT2D eigenvalue weighted by Crippen LogP contribution is 2.49. The minimum atomic E-state index is -0.631. The summed E-state index contributed by atoms with van der Waals surface area (Å²) in [6.45, 7) is 0. The molecule has 0 heterocycles. The van der Waals surface area contributed by atoms with E-state index >= 15 is 0 Å². The summed E-state index contributed by atoms with van der Waals surface area (Å²) in [5.74, 6) is 0.704. The topological polar surface area (TPSA) is 52.4 Å². The van der Waals surface area contributed by atoms with Gasteiger partial charge in [-0.15, -0.1) is 10.1 Å². The molecule has 0 N–H and O–H groups in total. The van der Waals surface area contributed by atoms with Crippen LogP contribution >= 0.6 is 0 Å². The molecule has 0 aromatic heterocycles. The maximum Gasteiger partial charge on any atom is 0.295 e. The summed E-state index contributed by atoms with van der Waals surface area (Å²) in [4.78, 5) is 14.8. The molecule has 0 amide bonds.